The Morgan fingerprint density at radius 2 is 1.72 bits per heavy atom. The Morgan fingerprint density at radius 1 is 1.00 bits per heavy atom. The van der Waals surface area contributed by atoms with Crippen LogP contribution in [-0.2, 0) is 16.0 Å². The lowest BCUT2D eigenvalue weighted by molar-refractivity contribution is -0.130. The zero-order valence-corrected chi connectivity index (χ0v) is 20.0. The quantitative estimate of drug-likeness (QED) is 0.454. The van der Waals surface area contributed by atoms with Gasteiger partial charge in [0.15, 0.2) is 0 Å². The summed E-state index contributed by atoms with van der Waals surface area (Å²) < 4.78 is 0.983. The van der Waals surface area contributed by atoms with Crippen LogP contribution in [0.25, 0.3) is 10.6 Å². The molecular weight excluding hydrogens is 488 g/mol. The number of nitrogens with one attached hydrogen (secondary N) is 2. The number of halogens is 1. The second-order valence-electron chi connectivity index (χ2n) is 7.99. The fourth-order valence-corrected chi connectivity index (χ4v) is 4.91. The topological polar surface area (TPSA) is 84.0 Å². The third-order valence-electron chi connectivity index (χ3n) is 5.64. The third kappa shape index (κ3) is 6.01. The molecule has 8 heteroatoms. The number of carbonyl (C=O) groups excluding carboxylic acids is 2. The Kier molecular flexibility index (Phi) is 7.65. The molecule has 1 aromatic heterocycles. The molecule has 0 bridgehead atoms. The number of hydrogen-bond donors (Lipinski definition) is 2. The summed E-state index contributed by atoms with van der Waals surface area (Å²) in [5.74, 6) is -0.328. The molecule has 0 saturated heterocycles. The summed E-state index contributed by atoms with van der Waals surface area (Å²) in [4.78, 5) is 26.0. The molecule has 2 amide bonds. The SMILES string of the molecule is O=C(N[C@@H](Cc1ccccc1)C(=O)Nc1nnc(-c2ccc(Br)cc2)s1)C1CCCCC1. The molecule has 0 aliphatic heterocycles. The van der Waals surface area contributed by atoms with Crippen molar-refractivity contribution >= 4 is 44.2 Å². The summed E-state index contributed by atoms with van der Waals surface area (Å²) in [7, 11) is 0. The molecule has 6 nitrogen and oxygen atoms in total. The molecule has 2 aromatic carbocycles. The van der Waals surface area contributed by atoms with Crippen molar-refractivity contribution in [3.8, 4) is 10.6 Å². The third-order valence-corrected chi connectivity index (χ3v) is 7.05. The zero-order valence-electron chi connectivity index (χ0n) is 17.6. The molecule has 0 spiro atoms. The van der Waals surface area contributed by atoms with Crippen LogP contribution in [0.5, 0.6) is 0 Å². The standard InChI is InChI=1S/C24H25BrN4O2S/c25-19-13-11-18(12-14-19)23-28-29-24(32-23)27-22(31)20(15-16-7-3-1-4-8-16)26-21(30)17-9-5-2-6-10-17/h1,3-4,7-8,11-14,17,20H,2,5-6,9-10,15H2,(H,26,30)(H,27,29,31)/t20-/m0/s1. The van der Waals surface area contributed by atoms with Crippen LogP contribution in [-0.4, -0.2) is 28.1 Å². The van der Waals surface area contributed by atoms with E-state index < -0.39 is 6.04 Å². The summed E-state index contributed by atoms with van der Waals surface area (Å²) >= 11 is 4.73. The molecule has 1 aliphatic carbocycles. The Hall–Kier alpha value is -2.58. The van der Waals surface area contributed by atoms with Gasteiger partial charge in [0.25, 0.3) is 0 Å². The minimum Gasteiger partial charge on any atom is -0.344 e. The zero-order chi connectivity index (χ0) is 22.3. The normalized spacial score (nSPS) is 15.2. The second kappa shape index (κ2) is 10.8. The van der Waals surface area contributed by atoms with E-state index in [0.717, 1.165) is 46.3 Å². The molecule has 32 heavy (non-hydrogen) atoms. The molecule has 1 aliphatic rings. The molecule has 1 saturated carbocycles. The van der Waals surface area contributed by atoms with E-state index in [0.29, 0.717) is 11.6 Å². The summed E-state index contributed by atoms with van der Waals surface area (Å²) in [6.07, 6.45) is 5.50. The van der Waals surface area contributed by atoms with Crippen LogP contribution in [0, 0.1) is 5.92 Å². The first-order valence-corrected chi connectivity index (χ1v) is 12.4. The largest absolute Gasteiger partial charge is 0.344 e. The minimum absolute atomic E-state index is 0.0136. The molecule has 1 heterocycles. The lowest BCUT2D eigenvalue weighted by Gasteiger charge is -2.24. The minimum atomic E-state index is -0.674. The maximum atomic E-state index is 13.1. The van der Waals surface area contributed by atoms with Crippen LogP contribution < -0.4 is 10.6 Å². The van der Waals surface area contributed by atoms with Gasteiger partial charge in [0, 0.05) is 22.4 Å². The Bertz CT molecular complexity index is 1050. The second-order valence-corrected chi connectivity index (χ2v) is 9.89. The predicted octanol–water partition coefficient (Wildman–Crippen LogP) is 5.21. The van der Waals surface area contributed by atoms with Crippen molar-refractivity contribution in [2.45, 2.75) is 44.6 Å². The number of carbonyl (C=O) groups is 2. The molecule has 2 N–H and O–H groups in total. The van der Waals surface area contributed by atoms with Gasteiger partial charge in [-0.15, -0.1) is 10.2 Å². The molecule has 166 valence electrons. The van der Waals surface area contributed by atoms with Crippen LogP contribution in [0.4, 0.5) is 5.13 Å². The van der Waals surface area contributed by atoms with Crippen LogP contribution in [0.2, 0.25) is 0 Å². The Labute approximate surface area is 200 Å². The van der Waals surface area contributed by atoms with E-state index in [4.69, 9.17) is 0 Å². The van der Waals surface area contributed by atoms with Crippen molar-refractivity contribution in [2.24, 2.45) is 5.92 Å². The molecule has 0 radical (unpaired) electrons. The Morgan fingerprint density at radius 3 is 2.44 bits per heavy atom. The lowest BCUT2D eigenvalue weighted by Crippen LogP contribution is -2.47. The van der Waals surface area contributed by atoms with Crippen molar-refractivity contribution in [2.75, 3.05) is 5.32 Å². The van der Waals surface area contributed by atoms with Crippen molar-refractivity contribution in [1.82, 2.24) is 15.5 Å². The maximum Gasteiger partial charge on any atom is 0.249 e. The summed E-state index contributed by atoms with van der Waals surface area (Å²) in [6.45, 7) is 0. The van der Waals surface area contributed by atoms with Gasteiger partial charge in [-0.2, -0.15) is 0 Å². The molecule has 4 rings (SSSR count). The van der Waals surface area contributed by atoms with Crippen LogP contribution in [0.3, 0.4) is 0 Å². The van der Waals surface area contributed by atoms with E-state index in [1.54, 1.807) is 0 Å². The summed E-state index contributed by atoms with van der Waals surface area (Å²) in [5.41, 5.74) is 1.92. The monoisotopic (exact) mass is 512 g/mol. The average Bonchev–Trinajstić information content (AvgIpc) is 3.28. The average molecular weight is 513 g/mol. The maximum absolute atomic E-state index is 13.1. The van der Waals surface area contributed by atoms with Gasteiger partial charge in [-0.05, 0) is 30.5 Å². The number of nitrogens with zero attached hydrogens (tertiary/aromatic N) is 2. The van der Waals surface area contributed by atoms with Crippen molar-refractivity contribution in [1.29, 1.82) is 0 Å². The molecule has 3 aromatic rings. The van der Waals surface area contributed by atoms with Crippen LogP contribution in [0.1, 0.15) is 37.7 Å². The van der Waals surface area contributed by atoms with Gasteiger partial charge >= 0.3 is 0 Å². The van der Waals surface area contributed by atoms with Gasteiger partial charge in [0.2, 0.25) is 16.9 Å². The van der Waals surface area contributed by atoms with E-state index in [9.17, 15) is 9.59 Å². The fraction of sp³-hybridized carbons (Fsp3) is 0.333. The predicted molar refractivity (Wildman–Crippen MR) is 130 cm³/mol. The van der Waals surface area contributed by atoms with E-state index in [1.165, 1.54) is 17.8 Å². The fourth-order valence-electron chi connectivity index (χ4n) is 3.89. The van der Waals surface area contributed by atoms with E-state index in [2.05, 4.69) is 36.8 Å². The van der Waals surface area contributed by atoms with E-state index in [1.807, 2.05) is 54.6 Å². The summed E-state index contributed by atoms with van der Waals surface area (Å²) in [6, 6.07) is 16.8. The van der Waals surface area contributed by atoms with Crippen molar-refractivity contribution < 1.29 is 9.59 Å². The first-order valence-electron chi connectivity index (χ1n) is 10.8. The number of amides is 2. The van der Waals surface area contributed by atoms with Gasteiger partial charge in [-0.3, -0.25) is 14.9 Å². The smallest absolute Gasteiger partial charge is 0.249 e. The van der Waals surface area contributed by atoms with Crippen LogP contribution >= 0.6 is 27.3 Å². The van der Waals surface area contributed by atoms with Crippen LogP contribution in [0.15, 0.2) is 59.1 Å². The van der Waals surface area contributed by atoms with Crippen molar-refractivity contribution in [3.63, 3.8) is 0 Å². The number of benzene rings is 2. The first-order chi connectivity index (χ1) is 15.6. The summed E-state index contributed by atoms with van der Waals surface area (Å²) in [5, 5.41) is 15.3. The molecular formula is C24H25BrN4O2S. The highest BCUT2D eigenvalue weighted by Crippen LogP contribution is 2.28. The highest BCUT2D eigenvalue weighted by atomic mass is 79.9. The Balaban J connectivity index is 1.46. The van der Waals surface area contributed by atoms with Gasteiger partial charge in [0.1, 0.15) is 11.0 Å². The van der Waals surface area contributed by atoms with Gasteiger partial charge in [-0.1, -0.05) is 89.0 Å². The highest BCUT2D eigenvalue weighted by molar-refractivity contribution is 9.10. The van der Waals surface area contributed by atoms with Gasteiger partial charge < -0.3 is 5.32 Å². The first kappa shape index (κ1) is 22.6. The molecule has 0 unspecified atom stereocenters. The number of anilines is 1. The van der Waals surface area contributed by atoms with E-state index in [-0.39, 0.29) is 17.7 Å². The number of aromatic nitrogens is 2. The van der Waals surface area contributed by atoms with E-state index >= 15 is 0 Å². The number of hydrogen-bond acceptors (Lipinski definition) is 5. The van der Waals surface area contributed by atoms with Crippen molar-refractivity contribution in [3.05, 3.63) is 64.6 Å². The van der Waals surface area contributed by atoms with Gasteiger partial charge in [-0.25, -0.2) is 0 Å². The highest BCUT2D eigenvalue weighted by Gasteiger charge is 2.27. The molecule has 1 fully saturated rings. The number of rotatable bonds is 7. The lowest BCUT2D eigenvalue weighted by atomic mass is 9.88. The molecule has 1 atom stereocenters. The van der Waals surface area contributed by atoms with Gasteiger partial charge in [0.05, 0.1) is 0 Å².